The van der Waals surface area contributed by atoms with E-state index in [0.717, 1.165) is 18.8 Å². The van der Waals surface area contributed by atoms with Crippen molar-refractivity contribution in [3.8, 4) is 0 Å². The lowest BCUT2D eigenvalue weighted by Crippen LogP contribution is -2.27. The van der Waals surface area contributed by atoms with Crippen molar-refractivity contribution in [3.63, 3.8) is 0 Å². The highest BCUT2D eigenvalue weighted by Crippen LogP contribution is 2.08. The Morgan fingerprint density at radius 2 is 2.00 bits per heavy atom. The van der Waals surface area contributed by atoms with Crippen LogP contribution in [0.25, 0.3) is 0 Å². The first-order chi connectivity index (χ1) is 7.99. The summed E-state index contributed by atoms with van der Waals surface area (Å²) in [6.45, 7) is 1.57. The van der Waals surface area contributed by atoms with Crippen molar-refractivity contribution in [2.24, 2.45) is 0 Å². The van der Waals surface area contributed by atoms with Crippen LogP contribution in [0.4, 0.5) is 5.69 Å². The normalized spacial score (nSPS) is 10.6. The van der Waals surface area contributed by atoms with E-state index in [4.69, 9.17) is 5.73 Å². The number of hydrogen-bond donors (Lipinski definition) is 1. The van der Waals surface area contributed by atoms with Crippen LogP contribution < -0.4 is 5.73 Å². The smallest absolute Gasteiger partial charge is 0.223 e. The summed E-state index contributed by atoms with van der Waals surface area (Å²) in [6.07, 6.45) is 0.547. The van der Waals surface area contributed by atoms with Gasteiger partial charge in [0, 0.05) is 39.3 Å². The number of nitrogens with zero attached hydrogens (tertiary/aromatic N) is 2. The Balaban J connectivity index is 2.39. The molecule has 0 aromatic heterocycles. The zero-order valence-corrected chi connectivity index (χ0v) is 10.8. The molecule has 94 valence electrons. The van der Waals surface area contributed by atoms with Gasteiger partial charge in [-0.3, -0.25) is 4.79 Å². The molecule has 17 heavy (non-hydrogen) atoms. The van der Waals surface area contributed by atoms with E-state index >= 15 is 0 Å². The summed E-state index contributed by atoms with van der Waals surface area (Å²) in [5.41, 5.74) is 7.67. The van der Waals surface area contributed by atoms with Gasteiger partial charge in [0.25, 0.3) is 0 Å². The molecule has 0 atom stereocenters. The van der Waals surface area contributed by atoms with E-state index in [1.807, 2.05) is 31.3 Å². The van der Waals surface area contributed by atoms with Gasteiger partial charge in [0.2, 0.25) is 5.91 Å². The first-order valence-electron chi connectivity index (χ1n) is 5.72. The summed E-state index contributed by atoms with van der Waals surface area (Å²) in [5.74, 6) is 0.157. The summed E-state index contributed by atoms with van der Waals surface area (Å²) in [4.78, 5) is 15.2. The Morgan fingerprint density at radius 3 is 2.59 bits per heavy atom. The number of amides is 1. The lowest BCUT2D eigenvalue weighted by atomic mass is 10.2. The third-order valence-electron chi connectivity index (χ3n) is 2.61. The summed E-state index contributed by atoms with van der Waals surface area (Å²) in [6, 6.07) is 7.83. The molecule has 4 heteroatoms. The maximum Gasteiger partial charge on any atom is 0.223 e. The molecule has 0 aliphatic heterocycles. The molecule has 0 saturated heterocycles. The van der Waals surface area contributed by atoms with E-state index in [-0.39, 0.29) is 5.91 Å². The van der Waals surface area contributed by atoms with Gasteiger partial charge in [0.1, 0.15) is 0 Å². The average molecular weight is 235 g/mol. The third kappa shape index (κ3) is 4.87. The van der Waals surface area contributed by atoms with Crippen LogP contribution in [0, 0.1) is 0 Å². The van der Waals surface area contributed by atoms with Crippen molar-refractivity contribution in [2.75, 3.05) is 33.4 Å². The molecular formula is C13H21N3O. The lowest BCUT2D eigenvalue weighted by molar-refractivity contribution is -0.129. The number of rotatable bonds is 5. The van der Waals surface area contributed by atoms with Gasteiger partial charge in [0.15, 0.2) is 0 Å². The number of carbonyl (C=O) groups excluding carboxylic acids is 1. The van der Waals surface area contributed by atoms with Crippen molar-refractivity contribution in [3.05, 3.63) is 29.8 Å². The van der Waals surface area contributed by atoms with Crippen molar-refractivity contribution < 1.29 is 4.79 Å². The summed E-state index contributed by atoms with van der Waals surface area (Å²) < 4.78 is 0. The maximum atomic E-state index is 11.4. The standard InChI is InChI=1S/C13H21N3O/c1-15(2)13(17)7-8-16(3)10-11-5-4-6-12(14)9-11/h4-6,9H,7-8,10,14H2,1-3H3. The fourth-order valence-corrected chi connectivity index (χ4v) is 1.59. The van der Waals surface area contributed by atoms with E-state index in [2.05, 4.69) is 4.90 Å². The lowest BCUT2D eigenvalue weighted by Gasteiger charge is -2.18. The minimum Gasteiger partial charge on any atom is -0.399 e. The molecule has 0 radical (unpaired) electrons. The van der Waals surface area contributed by atoms with Crippen LogP contribution in [-0.2, 0) is 11.3 Å². The fourth-order valence-electron chi connectivity index (χ4n) is 1.59. The first kappa shape index (κ1) is 13.5. The molecule has 0 heterocycles. The fraction of sp³-hybridized carbons (Fsp3) is 0.462. The molecule has 0 bridgehead atoms. The summed E-state index contributed by atoms with van der Waals surface area (Å²) in [5, 5.41) is 0. The van der Waals surface area contributed by atoms with Gasteiger partial charge in [-0.25, -0.2) is 0 Å². The largest absolute Gasteiger partial charge is 0.399 e. The predicted molar refractivity (Wildman–Crippen MR) is 70.5 cm³/mol. The molecular weight excluding hydrogens is 214 g/mol. The average Bonchev–Trinajstić information content (AvgIpc) is 2.25. The van der Waals surface area contributed by atoms with Gasteiger partial charge in [-0.15, -0.1) is 0 Å². The number of benzene rings is 1. The van der Waals surface area contributed by atoms with Crippen molar-refractivity contribution in [1.82, 2.24) is 9.80 Å². The van der Waals surface area contributed by atoms with Crippen LogP contribution in [0.2, 0.25) is 0 Å². The van der Waals surface area contributed by atoms with E-state index in [0.29, 0.717) is 6.42 Å². The molecule has 4 nitrogen and oxygen atoms in total. The highest BCUT2D eigenvalue weighted by molar-refractivity contribution is 5.75. The number of anilines is 1. The molecule has 1 rings (SSSR count). The van der Waals surface area contributed by atoms with Gasteiger partial charge in [0.05, 0.1) is 0 Å². The quantitative estimate of drug-likeness (QED) is 0.780. The van der Waals surface area contributed by atoms with Crippen molar-refractivity contribution >= 4 is 11.6 Å². The second-order valence-electron chi connectivity index (χ2n) is 4.52. The molecule has 2 N–H and O–H groups in total. The predicted octanol–water partition coefficient (Wildman–Crippen LogP) is 1.18. The molecule has 0 aliphatic carbocycles. The van der Waals surface area contributed by atoms with E-state index in [1.165, 1.54) is 5.56 Å². The number of nitrogen functional groups attached to an aromatic ring is 1. The Morgan fingerprint density at radius 1 is 1.29 bits per heavy atom. The molecule has 1 amide bonds. The highest BCUT2D eigenvalue weighted by Gasteiger charge is 2.06. The Hall–Kier alpha value is -1.55. The first-order valence-corrected chi connectivity index (χ1v) is 5.72. The van der Waals surface area contributed by atoms with Gasteiger partial charge in [-0.05, 0) is 24.7 Å². The van der Waals surface area contributed by atoms with Gasteiger partial charge in [-0.2, -0.15) is 0 Å². The summed E-state index contributed by atoms with van der Waals surface area (Å²) >= 11 is 0. The van der Waals surface area contributed by atoms with Crippen LogP contribution in [0.15, 0.2) is 24.3 Å². The SMILES string of the molecule is CN(CCC(=O)N(C)C)Cc1cccc(N)c1. The summed E-state index contributed by atoms with van der Waals surface area (Å²) in [7, 11) is 5.56. The van der Waals surface area contributed by atoms with E-state index in [1.54, 1.807) is 19.0 Å². The van der Waals surface area contributed by atoms with Crippen molar-refractivity contribution in [2.45, 2.75) is 13.0 Å². The second-order valence-corrected chi connectivity index (χ2v) is 4.52. The van der Waals surface area contributed by atoms with Crippen LogP contribution in [0.1, 0.15) is 12.0 Å². The highest BCUT2D eigenvalue weighted by atomic mass is 16.2. The van der Waals surface area contributed by atoms with Gasteiger partial charge in [-0.1, -0.05) is 12.1 Å². The van der Waals surface area contributed by atoms with Crippen molar-refractivity contribution in [1.29, 1.82) is 0 Å². The Kier molecular flexibility index (Phi) is 4.97. The Labute approximate surface area is 103 Å². The van der Waals surface area contributed by atoms with Gasteiger partial charge >= 0.3 is 0 Å². The zero-order chi connectivity index (χ0) is 12.8. The van der Waals surface area contributed by atoms with Gasteiger partial charge < -0.3 is 15.5 Å². The molecule has 1 aromatic carbocycles. The van der Waals surface area contributed by atoms with Crippen LogP contribution in [-0.4, -0.2) is 43.4 Å². The molecule has 0 fully saturated rings. The molecule has 0 saturated carbocycles. The zero-order valence-electron chi connectivity index (χ0n) is 10.8. The van der Waals surface area contributed by atoms with E-state index in [9.17, 15) is 4.79 Å². The second kappa shape index (κ2) is 6.25. The molecule has 0 spiro atoms. The monoisotopic (exact) mass is 235 g/mol. The van der Waals surface area contributed by atoms with E-state index < -0.39 is 0 Å². The number of carbonyl (C=O) groups is 1. The number of nitrogens with two attached hydrogens (primary N) is 1. The molecule has 1 aromatic rings. The third-order valence-corrected chi connectivity index (χ3v) is 2.61. The van der Waals surface area contributed by atoms with Crippen LogP contribution in [0.3, 0.4) is 0 Å². The molecule has 0 unspecified atom stereocenters. The molecule has 0 aliphatic rings. The maximum absolute atomic E-state index is 11.4. The minimum atomic E-state index is 0.157. The van der Waals surface area contributed by atoms with Crippen LogP contribution >= 0.6 is 0 Å². The number of hydrogen-bond acceptors (Lipinski definition) is 3. The minimum absolute atomic E-state index is 0.157. The Bertz CT molecular complexity index is 377. The topological polar surface area (TPSA) is 49.6 Å². The van der Waals surface area contributed by atoms with Crippen LogP contribution in [0.5, 0.6) is 0 Å².